The van der Waals surface area contributed by atoms with Crippen molar-refractivity contribution in [2.45, 2.75) is 26.8 Å². The lowest BCUT2D eigenvalue weighted by atomic mass is 10.1. The summed E-state index contributed by atoms with van der Waals surface area (Å²) in [6, 6.07) is 9.79. The minimum Gasteiger partial charge on any atom is -0.395 e. The molecule has 0 aliphatic heterocycles. The number of carbonyl (C=O) groups excluding carboxylic acids is 1. The van der Waals surface area contributed by atoms with Crippen molar-refractivity contribution in [3.05, 3.63) is 52.8 Å². The third-order valence-corrected chi connectivity index (χ3v) is 3.55. The summed E-state index contributed by atoms with van der Waals surface area (Å²) in [4.78, 5) is 14.2. The van der Waals surface area contributed by atoms with Crippen LogP contribution in [0, 0.1) is 13.8 Å². The molecule has 112 valence electrons. The predicted molar refractivity (Wildman–Crippen MR) is 80.7 cm³/mol. The van der Waals surface area contributed by atoms with Crippen LogP contribution in [0.3, 0.4) is 0 Å². The smallest absolute Gasteiger partial charge is 0.227 e. The Hall–Kier alpha value is -2.14. The van der Waals surface area contributed by atoms with E-state index in [9.17, 15) is 9.90 Å². The molecule has 0 bridgehead atoms. The molecule has 0 aliphatic rings. The normalized spacial score (nSPS) is 10.6. The van der Waals surface area contributed by atoms with E-state index < -0.39 is 0 Å². The zero-order valence-electron chi connectivity index (χ0n) is 12.5. The summed E-state index contributed by atoms with van der Waals surface area (Å²) < 4.78 is 0. The Morgan fingerprint density at radius 3 is 2.57 bits per heavy atom. The molecule has 0 spiro atoms. The summed E-state index contributed by atoms with van der Waals surface area (Å²) in [5.74, 6) is 0.000466. The first-order chi connectivity index (χ1) is 10.1. The number of aromatic nitrogens is 2. The van der Waals surface area contributed by atoms with E-state index in [4.69, 9.17) is 0 Å². The van der Waals surface area contributed by atoms with Gasteiger partial charge in [-0.2, -0.15) is 5.10 Å². The first-order valence-corrected chi connectivity index (χ1v) is 7.04. The van der Waals surface area contributed by atoms with Crippen LogP contribution < -0.4 is 0 Å². The molecule has 5 heteroatoms. The number of hydrogen-bond donors (Lipinski definition) is 2. The quantitative estimate of drug-likeness (QED) is 0.847. The van der Waals surface area contributed by atoms with Crippen LogP contribution >= 0.6 is 0 Å². The van der Waals surface area contributed by atoms with Gasteiger partial charge in [0.1, 0.15) is 0 Å². The number of hydrogen-bond acceptors (Lipinski definition) is 3. The van der Waals surface area contributed by atoms with Gasteiger partial charge in [0.2, 0.25) is 5.91 Å². The van der Waals surface area contributed by atoms with Crippen LogP contribution in [-0.4, -0.2) is 39.3 Å². The Morgan fingerprint density at radius 2 is 2.00 bits per heavy atom. The fraction of sp³-hybridized carbons (Fsp3) is 0.375. The summed E-state index contributed by atoms with van der Waals surface area (Å²) in [6.07, 6.45) is 0.307. The lowest BCUT2D eigenvalue weighted by Gasteiger charge is -2.22. The lowest BCUT2D eigenvalue weighted by molar-refractivity contribution is -0.131. The van der Waals surface area contributed by atoms with Gasteiger partial charge in [-0.25, -0.2) is 0 Å². The number of nitrogens with zero attached hydrogens (tertiary/aromatic N) is 2. The fourth-order valence-corrected chi connectivity index (χ4v) is 2.31. The van der Waals surface area contributed by atoms with Crippen molar-refractivity contribution in [3.63, 3.8) is 0 Å². The number of aliphatic hydroxyl groups excluding tert-OH is 1. The highest BCUT2D eigenvalue weighted by atomic mass is 16.3. The second-order valence-electron chi connectivity index (χ2n) is 5.11. The van der Waals surface area contributed by atoms with Crippen LogP contribution in [0.5, 0.6) is 0 Å². The Bertz CT molecular complexity index is 573. The van der Waals surface area contributed by atoms with Crippen molar-refractivity contribution in [1.82, 2.24) is 15.1 Å². The molecule has 2 aromatic rings. The second-order valence-corrected chi connectivity index (χ2v) is 5.11. The average molecular weight is 287 g/mol. The second kappa shape index (κ2) is 7.04. The molecule has 5 nitrogen and oxygen atoms in total. The lowest BCUT2D eigenvalue weighted by Crippen LogP contribution is -2.34. The number of aryl methyl sites for hydroxylation is 2. The Kier molecular flexibility index (Phi) is 5.11. The first-order valence-electron chi connectivity index (χ1n) is 7.04. The molecule has 1 aromatic heterocycles. The van der Waals surface area contributed by atoms with Gasteiger partial charge in [-0.05, 0) is 19.4 Å². The molecule has 2 N–H and O–H groups in total. The molecule has 2 rings (SSSR count). The molecule has 0 atom stereocenters. The van der Waals surface area contributed by atoms with E-state index in [-0.39, 0.29) is 12.5 Å². The van der Waals surface area contributed by atoms with Crippen molar-refractivity contribution in [2.24, 2.45) is 0 Å². The van der Waals surface area contributed by atoms with Gasteiger partial charge < -0.3 is 10.0 Å². The molecule has 1 amide bonds. The van der Waals surface area contributed by atoms with E-state index in [0.717, 1.165) is 22.5 Å². The Balaban J connectivity index is 2.09. The fourth-order valence-electron chi connectivity index (χ4n) is 2.31. The number of benzene rings is 1. The van der Waals surface area contributed by atoms with Crippen LogP contribution in [0.2, 0.25) is 0 Å². The number of H-pyrrole nitrogens is 1. The van der Waals surface area contributed by atoms with Gasteiger partial charge in [0.05, 0.1) is 18.7 Å². The van der Waals surface area contributed by atoms with Crippen molar-refractivity contribution in [1.29, 1.82) is 0 Å². The SMILES string of the molecule is Cc1n[nH]c(C)c1CC(=O)N(CCO)Cc1ccccc1. The minimum absolute atomic E-state index is 0.000466. The summed E-state index contributed by atoms with van der Waals surface area (Å²) >= 11 is 0. The van der Waals surface area contributed by atoms with E-state index >= 15 is 0 Å². The topological polar surface area (TPSA) is 69.2 Å². The number of carbonyl (C=O) groups is 1. The summed E-state index contributed by atoms with van der Waals surface area (Å²) in [5.41, 5.74) is 3.77. The maximum Gasteiger partial charge on any atom is 0.227 e. The molecular formula is C16H21N3O2. The minimum atomic E-state index is -0.0398. The van der Waals surface area contributed by atoms with Gasteiger partial charge >= 0.3 is 0 Å². The molecule has 0 fully saturated rings. The van der Waals surface area contributed by atoms with Crippen LogP contribution in [0.4, 0.5) is 0 Å². The van der Waals surface area contributed by atoms with E-state index in [1.54, 1.807) is 4.90 Å². The van der Waals surface area contributed by atoms with Gasteiger partial charge in [0.25, 0.3) is 0 Å². The monoisotopic (exact) mass is 287 g/mol. The Morgan fingerprint density at radius 1 is 1.29 bits per heavy atom. The number of rotatable bonds is 6. The molecule has 1 heterocycles. The summed E-state index contributed by atoms with van der Waals surface area (Å²) in [6.45, 7) is 4.61. The standard InChI is InChI=1S/C16H21N3O2/c1-12-15(13(2)18-17-12)10-16(21)19(8-9-20)11-14-6-4-3-5-7-14/h3-7,20H,8-11H2,1-2H3,(H,17,18). The third-order valence-electron chi connectivity index (χ3n) is 3.55. The van der Waals surface area contributed by atoms with E-state index in [0.29, 0.717) is 19.5 Å². The van der Waals surface area contributed by atoms with E-state index in [2.05, 4.69) is 10.2 Å². The number of nitrogens with one attached hydrogen (secondary N) is 1. The molecule has 21 heavy (non-hydrogen) atoms. The van der Waals surface area contributed by atoms with E-state index in [1.165, 1.54) is 0 Å². The van der Waals surface area contributed by atoms with Gasteiger partial charge in [-0.3, -0.25) is 9.89 Å². The van der Waals surface area contributed by atoms with Crippen LogP contribution in [-0.2, 0) is 17.8 Å². The molecule has 1 aromatic carbocycles. The zero-order valence-corrected chi connectivity index (χ0v) is 12.5. The predicted octanol–water partition coefficient (Wildman–Crippen LogP) is 1.59. The first kappa shape index (κ1) is 15.3. The molecule has 0 radical (unpaired) electrons. The number of amides is 1. The zero-order chi connectivity index (χ0) is 15.2. The average Bonchev–Trinajstić information content (AvgIpc) is 2.80. The Labute approximate surface area is 124 Å². The van der Waals surface area contributed by atoms with Gasteiger partial charge in [-0.15, -0.1) is 0 Å². The van der Waals surface area contributed by atoms with Crippen molar-refractivity contribution >= 4 is 5.91 Å². The maximum atomic E-state index is 12.5. The van der Waals surface area contributed by atoms with Gasteiger partial charge in [0.15, 0.2) is 0 Å². The number of aromatic amines is 1. The van der Waals surface area contributed by atoms with Crippen molar-refractivity contribution in [2.75, 3.05) is 13.2 Å². The highest BCUT2D eigenvalue weighted by Gasteiger charge is 2.17. The highest BCUT2D eigenvalue weighted by Crippen LogP contribution is 2.13. The third kappa shape index (κ3) is 3.92. The van der Waals surface area contributed by atoms with Crippen LogP contribution in [0.25, 0.3) is 0 Å². The van der Waals surface area contributed by atoms with Crippen LogP contribution in [0.15, 0.2) is 30.3 Å². The molecule has 0 unspecified atom stereocenters. The number of aliphatic hydroxyl groups is 1. The van der Waals surface area contributed by atoms with Crippen molar-refractivity contribution < 1.29 is 9.90 Å². The van der Waals surface area contributed by atoms with Gasteiger partial charge in [-0.1, -0.05) is 30.3 Å². The molecular weight excluding hydrogens is 266 g/mol. The van der Waals surface area contributed by atoms with Crippen LogP contribution in [0.1, 0.15) is 22.5 Å². The largest absolute Gasteiger partial charge is 0.395 e. The van der Waals surface area contributed by atoms with E-state index in [1.807, 2.05) is 44.2 Å². The molecule has 0 aliphatic carbocycles. The van der Waals surface area contributed by atoms with Crippen molar-refractivity contribution in [3.8, 4) is 0 Å². The van der Waals surface area contributed by atoms with Gasteiger partial charge in [0, 0.05) is 24.3 Å². The maximum absolute atomic E-state index is 12.5. The summed E-state index contributed by atoms with van der Waals surface area (Å²) in [7, 11) is 0. The molecule has 0 saturated heterocycles. The highest BCUT2D eigenvalue weighted by molar-refractivity contribution is 5.79. The summed E-state index contributed by atoms with van der Waals surface area (Å²) in [5, 5.41) is 16.2. The molecule has 0 saturated carbocycles.